The number of halogens is 3. The average Bonchev–Trinajstić information content (AvgIpc) is 2.69. The van der Waals surface area contributed by atoms with Crippen LogP contribution in [-0.4, -0.2) is 26.7 Å². The molecule has 0 radical (unpaired) electrons. The second-order valence-electron chi connectivity index (χ2n) is 6.94. The van der Waals surface area contributed by atoms with Gasteiger partial charge in [-0.05, 0) is 68.2 Å². The molecule has 2 aromatic carbocycles. The molecule has 3 rings (SSSR count). The number of ether oxygens (including phenoxy) is 2. The van der Waals surface area contributed by atoms with Gasteiger partial charge in [0.05, 0.1) is 7.11 Å². The lowest BCUT2D eigenvalue weighted by Crippen LogP contribution is -2.33. The summed E-state index contributed by atoms with van der Waals surface area (Å²) in [7, 11) is 1.65. The molecule has 1 saturated heterocycles. The first-order valence-electron chi connectivity index (χ1n) is 9.41. The summed E-state index contributed by atoms with van der Waals surface area (Å²) in [6, 6.07) is 9.34. The normalized spacial score (nSPS) is 14.9. The fraction of sp³-hybridized carbons (Fsp3) is 0.429. The van der Waals surface area contributed by atoms with E-state index in [1.54, 1.807) is 19.2 Å². The van der Waals surface area contributed by atoms with Gasteiger partial charge >= 0.3 is 0 Å². The van der Waals surface area contributed by atoms with Crippen molar-refractivity contribution in [2.24, 2.45) is 5.92 Å². The first-order chi connectivity index (χ1) is 13.6. The van der Waals surface area contributed by atoms with Crippen molar-refractivity contribution in [3.8, 4) is 11.5 Å². The van der Waals surface area contributed by atoms with Crippen LogP contribution < -0.4 is 20.1 Å². The number of hydrogen-bond donors (Lipinski definition) is 2. The fourth-order valence-electron chi connectivity index (χ4n) is 3.28. The predicted molar refractivity (Wildman–Crippen MR) is 119 cm³/mol. The van der Waals surface area contributed by atoms with E-state index in [1.807, 2.05) is 18.2 Å². The number of rotatable bonds is 8. The van der Waals surface area contributed by atoms with Gasteiger partial charge in [-0.3, -0.25) is 0 Å². The Kier molecular flexibility index (Phi) is 8.30. The van der Waals surface area contributed by atoms with Crippen LogP contribution >= 0.6 is 39.1 Å². The summed E-state index contributed by atoms with van der Waals surface area (Å²) in [5.41, 5.74) is 2.01. The van der Waals surface area contributed by atoms with Crippen molar-refractivity contribution < 1.29 is 9.47 Å². The molecule has 1 aliphatic rings. The van der Waals surface area contributed by atoms with E-state index in [4.69, 9.17) is 32.7 Å². The van der Waals surface area contributed by atoms with Crippen molar-refractivity contribution in [1.29, 1.82) is 0 Å². The maximum Gasteiger partial charge on any atom is 0.162 e. The van der Waals surface area contributed by atoms with Crippen LogP contribution in [0, 0.1) is 5.92 Å². The van der Waals surface area contributed by atoms with Crippen LogP contribution in [0.3, 0.4) is 0 Å². The van der Waals surface area contributed by atoms with Crippen LogP contribution in [0.25, 0.3) is 0 Å². The Bertz CT molecular complexity index is 798. The van der Waals surface area contributed by atoms with Gasteiger partial charge in [0.15, 0.2) is 11.5 Å². The van der Waals surface area contributed by atoms with Gasteiger partial charge in [0.2, 0.25) is 0 Å². The maximum absolute atomic E-state index is 6.23. The highest BCUT2D eigenvalue weighted by Gasteiger charge is 2.14. The van der Waals surface area contributed by atoms with Crippen LogP contribution in [0.15, 0.2) is 34.8 Å². The zero-order valence-electron chi connectivity index (χ0n) is 15.9. The van der Waals surface area contributed by atoms with E-state index in [0.717, 1.165) is 47.7 Å². The van der Waals surface area contributed by atoms with Crippen LogP contribution in [0.4, 0.5) is 0 Å². The molecule has 7 heteroatoms. The molecule has 0 amide bonds. The topological polar surface area (TPSA) is 42.5 Å². The van der Waals surface area contributed by atoms with E-state index in [0.29, 0.717) is 28.2 Å². The summed E-state index contributed by atoms with van der Waals surface area (Å²) in [5, 5.41) is 8.17. The molecule has 152 valence electrons. The smallest absolute Gasteiger partial charge is 0.162 e. The molecule has 0 saturated carbocycles. The third-order valence-corrected chi connectivity index (χ3v) is 6.26. The van der Waals surface area contributed by atoms with Crippen molar-refractivity contribution in [3.63, 3.8) is 0 Å². The van der Waals surface area contributed by atoms with E-state index < -0.39 is 0 Å². The summed E-state index contributed by atoms with van der Waals surface area (Å²) >= 11 is 15.8. The Labute approximate surface area is 185 Å². The quantitative estimate of drug-likeness (QED) is 0.520. The summed E-state index contributed by atoms with van der Waals surface area (Å²) < 4.78 is 12.5. The number of piperidine rings is 1. The summed E-state index contributed by atoms with van der Waals surface area (Å²) in [5.74, 6) is 2.11. The Morgan fingerprint density at radius 2 is 1.89 bits per heavy atom. The van der Waals surface area contributed by atoms with Crippen molar-refractivity contribution in [1.82, 2.24) is 10.6 Å². The van der Waals surface area contributed by atoms with Gasteiger partial charge in [0.25, 0.3) is 0 Å². The molecular weight excluding hydrogens is 463 g/mol. The van der Waals surface area contributed by atoms with Crippen LogP contribution in [0.1, 0.15) is 24.0 Å². The van der Waals surface area contributed by atoms with E-state index in [2.05, 4.69) is 26.6 Å². The Morgan fingerprint density at radius 3 is 2.61 bits per heavy atom. The highest BCUT2D eigenvalue weighted by Crippen LogP contribution is 2.34. The Balaban J connectivity index is 1.61. The lowest BCUT2D eigenvalue weighted by Gasteiger charge is -2.23. The van der Waals surface area contributed by atoms with Crippen molar-refractivity contribution >= 4 is 39.1 Å². The summed E-state index contributed by atoms with van der Waals surface area (Å²) in [6.45, 7) is 4.39. The third-order valence-electron chi connectivity index (χ3n) is 4.94. The maximum atomic E-state index is 6.23. The second-order valence-corrected chi connectivity index (χ2v) is 8.64. The molecule has 4 nitrogen and oxygen atoms in total. The minimum Gasteiger partial charge on any atom is -0.493 e. The molecule has 1 fully saturated rings. The molecule has 2 N–H and O–H groups in total. The Morgan fingerprint density at radius 1 is 1.11 bits per heavy atom. The van der Waals surface area contributed by atoms with E-state index in [1.165, 1.54) is 12.8 Å². The van der Waals surface area contributed by atoms with Crippen molar-refractivity contribution in [2.45, 2.75) is 26.0 Å². The average molecular weight is 488 g/mol. The molecular formula is C21H25BrCl2N2O2. The van der Waals surface area contributed by atoms with E-state index >= 15 is 0 Å². The lowest BCUT2D eigenvalue weighted by molar-refractivity contribution is 0.284. The fourth-order valence-corrected chi connectivity index (χ4v) is 4.20. The van der Waals surface area contributed by atoms with Gasteiger partial charge < -0.3 is 20.1 Å². The molecule has 0 atom stereocenters. The predicted octanol–water partition coefficient (Wildman–Crippen LogP) is 5.43. The lowest BCUT2D eigenvalue weighted by atomic mass is 9.98. The van der Waals surface area contributed by atoms with Crippen LogP contribution in [-0.2, 0) is 13.2 Å². The minimum absolute atomic E-state index is 0.339. The van der Waals surface area contributed by atoms with Crippen molar-refractivity contribution in [2.75, 3.05) is 26.7 Å². The zero-order chi connectivity index (χ0) is 19.9. The summed E-state index contributed by atoms with van der Waals surface area (Å²) in [6.07, 6.45) is 2.47. The zero-order valence-corrected chi connectivity index (χ0v) is 19.0. The van der Waals surface area contributed by atoms with Gasteiger partial charge in [0, 0.05) is 26.6 Å². The van der Waals surface area contributed by atoms with Gasteiger partial charge in [-0.25, -0.2) is 0 Å². The number of benzene rings is 2. The number of methoxy groups -OCH3 is 1. The van der Waals surface area contributed by atoms with Gasteiger partial charge in [-0.15, -0.1) is 0 Å². The molecule has 0 aromatic heterocycles. The van der Waals surface area contributed by atoms with E-state index in [-0.39, 0.29) is 0 Å². The Hall–Kier alpha value is -0.980. The van der Waals surface area contributed by atoms with E-state index in [9.17, 15) is 0 Å². The number of hydrogen-bond acceptors (Lipinski definition) is 4. The molecule has 0 aliphatic carbocycles. The molecule has 0 spiro atoms. The SMILES string of the molecule is COc1cc(CNCC2CCNCC2)c(Br)cc1OCc1ccc(Cl)cc1Cl. The highest BCUT2D eigenvalue weighted by atomic mass is 79.9. The van der Waals surface area contributed by atoms with Crippen LogP contribution in [0.2, 0.25) is 10.0 Å². The van der Waals surface area contributed by atoms with Crippen molar-refractivity contribution in [3.05, 3.63) is 56.0 Å². The molecule has 2 aromatic rings. The largest absolute Gasteiger partial charge is 0.493 e. The highest BCUT2D eigenvalue weighted by molar-refractivity contribution is 9.10. The number of nitrogens with one attached hydrogen (secondary N) is 2. The standard InChI is InChI=1S/C21H25BrCl2N2O2/c1-27-20-8-16(12-26-11-14-4-6-25-7-5-14)18(22)10-21(20)28-13-15-2-3-17(23)9-19(15)24/h2-3,8-10,14,25-26H,4-7,11-13H2,1H3. The molecule has 1 aliphatic heterocycles. The van der Waals surface area contributed by atoms with Crippen LogP contribution in [0.5, 0.6) is 11.5 Å². The molecule has 1 heterocycles. The molecule has 0 bridgehead atoms. The third kappa shape index (κ3) is 6.01. The first kappa shape index (κ1) is 21.7. The van der Waals surface area contributed by atoms with Gasteiger partial charge in [-0.1, -0.05) is 45.2 Å². The minimum atomic E-state index is 0.339. The summed E-state index contributed by atoms with van der Waals surface area (Å²) in [4.78, 5) is 0. The monoisotopic (exact) mass is 486 g/mol. The first-order valence-corrected chi connectivity index (χ1v) is 11.0. The van der Waals surface area contributed by atoms with Gasteiger partial charge in [0.1, 0.15) is 6.61 Å². The molecule has 28 heavy (non-hydrogen) atoms. The second kappa shape index (κ2) is 10.7. The van der Waals surface area contributed by atoms with Gasteiger partial charge in [-0.2, -0.15) is 0 Å². The molecule has 0 unspecified atom stereocenters.